The van der Waals surface area contributed by atoms with E-state index in [4.69, 9.17) is 0 Å². The number of hydrogen-bond donors (Lipinski definition) is 1. The average Bonchev–Trinajstić information content (AvgIpc) is 2.34. The molecule has 21 heavy (non-hydrogen) atoms. The first-order valence-corrected chi connectivity index (χ1v) is 7.68. The Bertz CT molecular complexity index is 894. The molecule has 9 nitrogen and oxygen atoms in total. The number of nitro benzene ring substituents is 2. The fourth-order valence-corrected chi connectivity index (χ4v) is 3.67. The normalized spacial score (nSPS) is 11.5. The number of fused-ring (bicyclic) bond motifs is 1. The predicted octanol–water partition coefficient (Wildman–Crippen LogP) is 2.51. The number of nitrogens with zero attached hydrogens (tertiary/aromatic N) is 2. The number of nitro groups is 2. The SMILES string of the molecule is O=[N+]([O-])c1c(I)cc(S(=O)(=O)O)c2c([N+](=O)[O-])cccc12. The van der Waals surface area contributed by atoms with E-state index in [1.54, 1.807) is 0 Å². The lowest BCUT2D eigenvalue weighted by molar-refractivity contribution is -0.385. The third kappa shape index (κ3) is 2.66. The van der Waals surface area contributed by atoms with Crippen molar-refractivity contribution >= 4 is 54.9 Å². The van der Waals surface area contributed by atoms with Gasteiger partial charge >= 0.3 is 0 Å². The molecule has 0 unspecified atom stereocenters. The lowest BCUT2D eigenvalue weighted by Gasteiger charge is -2.07. The Hall–Kier alpha value is -1.86. The molecular weight excluding hydrogens is 419 g/mol. The molecule has 0 spiro atoms. The zero-order valence-electron chi connectivity index (χ0n) is 9.89. The number of hydrogen-bond acceptors (Lipinski definition) is 6. The van der Waals surface area contributed by atoms with Gasteiger partial charge in [0.05, 0.1) is 24.2 Å². The molecule has 0 amide bonds. The predicted molar refractivity (Wildman–Crippen MR) is 79.8 cm³/mol. The molecule has 2 aromatic carbocycles. The fourth-order valence-electron chi connectivity index (χ4n) is 1.92. The molecule has 1 N–H and O–H groups in total. The molecule has 2 aromatic rings. The average molecular weight is 424 g/mol. The van der Waals surface area contributed by atoms with Crippen LogP contribution in [0.1, 0.15) is 0 Å². The van der Waals surface area contributed by atoms with E-state index in [0.29, 0.717) is 0 Å². The summed E-state index contributed by atoms with van der Waals surface area (Å²) in [4.78, 5) is 19.7. The minimum absolute atomic E-state index is 0.0572. The lowest BCUT2D eigenvalue weighted by atomic mass is 10.1. The van der Waals surface area contributed by atoms with Crippen molar-refractivity contribution in [1.29, 1.82) is 0 Å². The van der Waals surface area contributed by atoms with Crippen LogP contribution in [0.3, 0.4) is 0 Å². The maximum Gasteiger partial charge on any atom is 0.295 e. The standard InChI is InChI=1S/C10H5IN2O7S/c11-6-4-8(21(18,19)20)9-5(10(6)13(16)17)2-1-3-7(9)12(14)15/h1-4H,(H,18,19,20). The third-order valence-corrected chi connectivity index (χ3v) is 4.39. The van der Waals surface area contributed by atoms with Crippen LogP contribution in [0, 0.1) is 23.8 Å². The highest BCUT2D eigenvalue weighted by atomic mass is 127. The van der Waals surface area contributed by atoms with Gasteiger partial charge in [-0.05, 0) is 34.7 Å². The van der Waals surface area contributed by atoms with Crippen LogP contribution in [-0.2, 0) is 10.1 Å². The minimum atomic E-state index is -4.78. The second kappa shape index (κ2) is 5.16. The molecule has 0 fully saturated rings. The van der Waals surface area contributed by atoms with E-state index < -0.39 is 41.6 Å². The molecule has 0 aromatic heterocycles. The van der Waals surface area contributed by atoms with E-state index in [1.165, 1.54) is 34.7 Å². The molecule has 0 aliphatic rings. The summed E-state index contributed by atoms with van der Waals surface area (Å²) in [7, 11) is -4.78. The van der Waals surface area contributed by atoms with Gasteiger partial charge in [-0.25, -0.2) is 0 Å². The molecule has 0 aliphatic heterocycles. The van der Waals surface area contributed by atoms with Gasteiger partial charge < -0.3 is 0 Å². The van der Waals surface area contributed by atoms with Crippen LogP contribution in [0.4, 0.5) is 11.4 Å². The van der Waals surface area contributed by atoms with Crippen molar-refractivity contribution in [2.45, 2.75) is 4.90 Å². The molecule has 0 atom stereocenters. The van der Waals surface area contributed by atoms with E-state index in [2.05, 4.69) is 0 Å². The highest BCUT2D eigenvalue weighted by Gasteiger charge is 2.29. The van der Waals surface area contributed by atoms with Gasteiger partial charge in [-0.3, -0.25) is 24.8 Å². The van der Waals surface area contributed by atoms with Crippen molar-refractivity contribution in [1.82, 2.24) is 0 Å². The monoisotopic (exact) mass is 424 g/mol. The molecule has 0 aliphatic carbocycles. The van der Waals surface area contributed by atoms with Gasteiger partial charge in [0.1, 0.15) is 4.90 Å². The van der Waals surface area contributed by atoms with Crippen LogP contribution in [-0.4, -0.2) is 22.8 Å². The van der Waals surface area contributed by atoms with Gasteiger partial charge in [0.2, 0.25) is 0 Å². The summed E-state index contributed by atoms with van der Waals surface area (Å²) < 4.78 is 32.0. The lowest BCUT2D eigenvalue weighted by Crippen LogP contribution is -2.04. The summed E-state index contributed by atoms with van der Waals surface area (Å²) in [6.45, 7) is 0. The van der Waals surface area contributed by atoms with Gasteiger partial charge in [0.15, 0.2) is 0 Å². The van der Waals surface area contributed by atoms with E-state index in [9.17, 15) is 33.2 Å². The molecular formula is C10H5IN2O7S. The van der Waals surface area contributed by atoms with Gasteiger partial charge in [-0.2, -0.15) is 8.42 Å². The molecule has 2 rings (SSSR count). The third-order valence-electron chi connectivity index (χ3n) is 2.69. The second-order valence-corrected chi connectivity index (χ2v) is 6.45. The first kappa shape index (κ1) is 15.5. The number of rotatable bonds is 3. The molecule has 110 valence electrons. The van der Waals surface area contributed by atoms with Crippen LogP contribution in [0.5, 0.6) is 0 Å². The molecule has 0 bridgehead atoms. The van der Waals surface area contributed by atoms with Gasteiger partial charge in [0, 0.05) is 6.07 Å². The Morgan fingerprint density at radius 3 is 2.24 bits per heavy atom. The van der Waals surface area contributed by atoms with Crippen molar-refractivity contribution in [2.24, 2.45) is 0 Å². The van der Waals surface area contributed by atoms with E-state index >= 15 is 0 Å². The Kier molecular flexibility index (Phi) is 3.81. The summed E-state index contributed by atoms with van der Waals surface area (Å²) in [5.74, 6) is 0. The van der Waals surface area contributed by atoms with E-state index in [0.717, 1.165) is 12.1 Å². The summed E-state index contributed by atoms with van der Waals surface area (Å²) >= 11 is 1.53. The molecule has 11 heteroatoms. The Labute approximate surface area is 130 Å². The molecule has 0 radical (unpaired) electrons. The molecule has 0 saturated heterocycles. The largest absolute Gasteiger partial charge is 0.295 e. The first-order valence-electron chi connectivity index (χ1n) is 5.16. The summed E-state index contributed by atoms with van der Waals surface area (Å²) in [6, 6.07) is 4.24. The fraction of sp³-hybridized carbons (Fsp3) is 0. The molecule has 0 heterocycles. The van der Waals surface area contributed by atoms with E-state index in [1.807, 2.05) is 0 Å². The zero-order chi connectivity index (χ0) is 15.9. The minimum Gasteiger partial charge on any atom is -0.282 e. The maximum absolute atomic E-state index is 11.4. The van der Waals surface area contributed by atoms with Crippen LogP contribution < -0.4 is 0 Å². The maximum atomic E-state index is 11.4. The van der Waals surface area contributed by atoms with Gasteiger partial charge in [0.25, 0.3) is 21.5 Å². The second-order valence-electron chi connectivity index (χ2n) is 3.89. The van der Waals surface area contributed by atoms with Crippen LogP contribution in [0.15, 0.2) is 29.2 Å². The number of benzene rings is 2. The van der Waals surface area contributed by atoms with Gasteiger partial charge in [-0.15, -0.1) is 0 Å². The summed E-state index contributed by atoms with van der Waals surface area (Å²) in [5, 5.41) is 21.4. The van der Waals surface area contributed by atoms with Crippen LogP contribution >= 0.6 is 22.6 Å². The Morgan fingerprint density at radius 2 is 1.76 bits per heavy atom. The Morgan fingerprint density at radius 1 is 1.14 bits per heavy atom. The molecule has 0 saturated carbocycles. The zero-order valence-corrected chi connectivity index (χ0v) is 12.9. The summed E-state index contributed by atoms with van der Waals surface area (Å²) in [6.07, 6.45) is 0. The van der Waals surface area contributed by atoms with Crippen molar-refractivity contribution in [3.63, 3.8) is 0 Å². The Balaban J connectivity index is 3.17. The van der Waals surface area contributed by atoms with Crippen molar-refractivity contribution < 1.29 is 22.8 Å². The highest BCUT2D eigenvalue weighted by molar-refractivity contribution is 14.1. The quantitative estimate of drug-likeness (QED) is 0.345. The van der Waals surface area contributed by atoms with E-state index in [-0.39, 0.29) is 8.96 Å². The summed E-state index contributed by atoms with van der Waals surface area (Å²) in [5.41, 5.74) is -1.10. The number of halogens is 1. The topological polar surface area (TPSA) is 141 Å². The van der Waals surface area contributed by atoms with Gasteiger partial charge in [-0.1, -0.05) is 6.07 Å². The number of non-ortho nitro benzene ring substituents is 1. The van der Waals surface area contributed by atoms with Crippen LogP contribution in [0.25, 0.3) is 10.8 Å². The highest BCUT2D eigenvalue weighted by Crippen LogP contribution is 2.39. The van der Waals surface area contributed by atoms with Crippen molar-refractivity contribution in [2.75, 3.05) is 0 Å². The smallest absolute Gasteiger partial charge is 0.282 e. The van der Waals surface area contributed by atoms with Crippen molar-refractivity contribution in [3.8, 4) is 0 Å². The van der Waals surface area contributed by atoms with Crippen LogP contribution in [0.2, 0.25) is 0 Å². The van der Waals surface area contributed by atoms with Crippen molar-refractivity contribution in [3.05, 3.63) is 48.1 Å². The first-order chi connectivity index (χ1) is 9.64.